The van der Waals surface area contributed by atoms with Crippen molar-refractivity contribution in [3.8, 4) is 5.75 Å². The van der Waals surface area contributed by atoms with Crippen LogP contribution >= 0.6 is 0 Å². The lowest BCUT2D eigenvalue weighted by Crippen LogP contribution is -2.29. The maximum atomic E-state index is 13.1. The van der Waals surface area contributed by atoms with Crippen LogP contribution in [0.3, 0.4) is 0 Å². The second kappa shape index (κ2) is 5.37. The van der Waals surface area contributed by atoms with E-state index >= 15 is 0 Å². The van der Waals surface area contributed by atoms with Crippen molar-refractivity contribution < 1.29 is 26.0 Å². The molecule has 7 nitrogen and oxygen atoms in total. The third kappa shape index (κ3) is 3.07. The first-order valence-corrected chi connectivity index (χ1v) is 8.70. The fourth-order valence-electron chi connectivity index (χ4n) is 1.86. The summed E-state index contributed by atoms with van der Waals surface area (Å²) in [6, 6.07) is 3.22. The van der Waals surface area contributed by atoms with Gasteiger partial charge in [0.2, 0.25) is 20.0 Å². The summed E-state index contributed by atoms with van der Waals surface area (Å²) < 4.78 is 66.5. The molecule has 0 unspecified atom stereocenters. The van der Waals surface area contributed by atoms with Crippen molar-refractivity contribution in [2.75, 3.05) is 20.2 Å². The number of methoxy groups -OCH3 is 1. The summed E-state index contributed by atoms with van der Waals surface area (Å²) in [4.78, 5) is -0.742. The predicted molar refractivity (Wildman–Crippen MR) is 72.3 cm³/mol. The van der Waals surface area contributed by atoms with E-state index in [9.17, 15) is 21.2 Å². The van der Waals surface area contributed by atoms with Crippen molar-refractivity contribution in [1.82, 2.24) is 4.31 Å². The molecule has 116 valence electrons. The molecule has 0 saturated carbocycles. The normalized spacial score (nSPS) is 16.8. The second-order valence-electron chi connectivity index (χ2n) is 4.31. The lowest BCUT2D eigenvalue weighted by molar-refractivity contribution is 0.397. The van der Waals surface area contributed by atoms with E-state index in [0.717, 1.165) is 22.5 Å². The zero-order valence-corrected chi connectivity index (χ0v) is 12.6. The minimum atomic E-state index is -4.10. The van der Waals surface area contributed by atoms with Gasteiger partial charge in [-0.1, -0.05) is 0 Å². The van der Waals surface area contributed by atoms with Crippen LogP contribution in [-0.2, 0) is 20.0 Å². The predicted octanol–water partition coefficient (Wildman–Crippen LogP) is 0.200. The number of hydrogen-bond acceptors (Lipinski definition) is 5. The number of sulfonamides is 2. The quantitative estimate of drug-likeness (QED) is 0.845. The molecule has 0 saturated heterocycles. The SMILES string of the molecule is COc1ccc(S(N)(=O)=O)cc1S(=O)(=O)N1CC=C(F)C1. The van der Waals surface area contributed by atoms with Crippen LogP contribution in [0, 0.1) is 0 Å². The van der Waals surface area contributed by atoms with Gasteiger partial charge in [0.05, 0.1) is 18.6 Å². The molecule has 21 heavy (non-hydrogen) atoms. The fourth-order valence-corrected chi connectivity index (χ4v) is 3.99. The molecule has 1 aliphatic heterocycles. The molecule has 0 aliphatic carbocycles. The van der Waals surface area contributed by atoms with E-state index in [4.69, 9.17) is 9.88 Å². The summed E-state index contributed by atoms with van der Waals surface area (Å²) >= 11 is 0. The average Bonchev–Trinajstić information content (AvgIpc) is 2.84. The van der Waals surface area contributed by atoms with Gasteiger partial charge in [-0.25, -0.2) is 26.4 Å². The number of hydrogen-bond donors (Lipinski definition) is 1. The molecule has 0 aromatic heterocycles. The summed E-state index contributed by atoms with van der Waals surface area (Å²) in [5.74, 6) is -0.616. The van der Waals surface area contributed by atoms with E-state index in [1.165, 1.54) is 13.2 Å². The molecule has 1 aromatic rings. The number of halogens is 1. The van der Waals surface area contributed by atoms with Gasteiger partial charge in [-0.15, -0.1) is 0 Å². The zero-order valence-electron chi connectivity index (χ0n) is 11.0. The number of nitrogens with zero attached hydrogens (tertiary/aromatic N) is 1. The second-order valence-corrected chi connectivity index (χ2v) is 7.77. The van der Waals surface area contributed by atoms with Crippen LogP contribution in [0.25, 0.3) is 0 Å². The van der Waals surface area contributed by atoms with E-state index < -0.39 is 32.4 Å². The Morgan fingerprint density at radius 3 is 2.43 bits per heavy atom. The van der Waals surface area contributed by atoms with E-state index in [2.05, 4.69) is 0 Å². The molecule has 1 heterocycles. The number of benzene rings is 1. The zero-order chi connectivity index (χ0) is 15.8. The van der Waals surface area contributed by atoms with Gasteiger partial charge in [0.25, 0.3) is 0 Å². The number of nitrogens with two attached hydrogens (primary N) is 1. The van der Waals surface area contributed by atoms with Gasteiger partial charge in [0, 0.05) is 6.54 Å². The molecule has 2 N–H and O–H groups in total. The standard InChI is InChI=1S/C11H13FN2O5S2/c1-19-10-3-2-9(20(13,15)16)6-11(10)21(17,18)14-5-4-8(12)7-14/h2-4,6H,5,7H2,1H3,(H2,13,15,16). The number of primary sulfonamides is 1. The minimum Gasteiger partial charge on any atom is -0.495 e. The number of ether oxygens (including phenoxy) is 1. The van der Waals surface area contributed by atoms with E-state index in [1.54, 1.807) is 0 Å². The van der Waals surface area contributed by atoms with Crippen molar-refractivity contribution >= 4 is 20.0 Å². The van der Waals surface area contributed by atoms with Gasteiger partial charge in [0.1, 0.15) is 16.5 Å². The topological polar surface area (TPSA) is 107 Å². The Bertz CT molecular complexity index is 802. The summed E-state index contributed by atoms with van der Waals surface area (Å²) in [7, 11) is -6.93. The maximum Gasteiger partial charge on any atom is 0.247 e. The molecule has 0 atom stereocenters. The Kier molecular flexibility index (Phi) is 4.06. The molecule has 0 spiro atoms. The first kappa shape index (κ1) is 15.9. The maximum absolute atomic E-state index is 13.1. The third-order valence-corrected chi connectivity index (χ3v) is 5.67. The van der Waals surface area contributed by atoms with Gasteiger partial charge < -0.3 is 4.74 Å². The summed E-state index contributed by atoms with van der Waals surface area (Å²) in [6.45, 7) is -0.526. The molecule has 2 rings (SSSR count). The van der Waals surface area contributed by atoms with Crippen molar-refractivity contribution in [3.05, 3.63) is 30.1 Å². The van der Waals surface area contributed by atoms with Crippen LogP contribution in [0.1, 0.15) is 0 Å². The van der Waals surface area contributed by atoms with Crippen LogP contribution in [0.15, 0.2) is 39.9 Å². The highest BCUT2D eigenvalue weighted by Gasteiger charge is 2.31. The van der Waals surface area contributed by atoms with Crippen LogP contribution in [0.5, 0.6) is 5.75 Å². The Labute approximate surface area is 121 Å². The van der Waals surface area contributed by atoms with Gasteiger partial charge in [-0.3, -0.25) is 0 Å². The summed E-state index contributed by atoms with van der Waals surface area (Å²) in [5.41, 5.74) is 0. The molecule has 0 bridgehead atoms. The lowest BCUT2D eigenvalue weighted by atomic mass is 10.3. The monoisotopic (exact) mass is 336 g/mol. The Morgan fingerprint density at radius 2 is 1.95 bits per heavy atom. The highest BCUT2D eigenvalue weighted by Crippen LogP contribution is 2.30. The Balaban J connectivity index is 2.56. The first-order valence-electron chi connectivity index (χ1n) is 5.72. The van der Waals surface area contributed by atoms with Crippen LogP contribution in [0.2, 0.25) is 0 Å². The Morgan fingerprint density at radius 1 is 1.29 bits per heavy atom. The fraction of sp³-hybridized carbons (Fsp3) is 0.273. The van der Waals surface area contributed by atoms with Gasteiger partial charge >= 0.3 is 0 Å². The summed E-state index contributed by atoms with van der Waals surface area (Å²) in [5, 5.41) is 4.99. The molecule has 10 heteroatoms. The lowest BCUT2D eigenvalue weighted by Gasteiger charge is -2.18. The van der Waals surface area contributed by atoms with Gasteiger partial charge in [-0.2, -0.15) is 4.31 Å². The molecule has 0 radical (unpaired) electrons. The third-order valence-electron chi connectivity index (χ3n) is 2.93. The van der Waals surface area contributed by atoms with E-state index in [-0.39, 0.29) is 22.1 Å². The van der Waals surface area contributed by atoms with Crippen LogP contribution in [0.4, 0.5) is 4.39 Å². The van der Waals surface area contributed by atoms with Gasteiger partial charge in [-0.05, 0) is 24.3 Å². The summed E-state index contributed by atoms with van der Waals surface area (Å²) in [6.07, 6.45) is 1.13. The average molecular weight is 336 g/mol. The molecule has 0 amide bonds. The molecular weight excluding hydrogens is 323 g/mol. The van der Waals surface area contributed by atoms with Gasteiger partial charge in [0.15, 0.2) is 0 Å². The first-order chi connectivity index (χ1) is 9.66. The van der Waals surface area contributed by atoms with E-state index in [1.807, 2.05) is 0 Å². The number of rotatable bonds is 4. The molecule has 1 aliphatic rings. The molecular formula is C11H13FN2O5S2. The van der Waals surface area contributed by atoms with Crippen LogP contribution in [-0.4, -0.2) is 41.3 Å². The Hall–Kier alpha value is -1.49. The van der Waals surface area contributed by atoms with Crippen molar-refractivity contribution in [3.63, 3.8) is 0 Å². The van der Waals surface area contributed by atoms with Crippen LogP contribution < -0.4 is 9.88 Å². The molecule has 0 fully saturated rings. The smallest absolute Gasteiger partial charge is 0.247 e. The largest absolute Gasteiger partial charge is 0.495 e. The van der Waals surface area contributed by atoms with Crippen molar-refractivity contribution in [1.29, 1.82) is 0 Å². The minimum absolute atomic E-state index is 0.0466. The van der Waals surface area contributed by atoms with Crippen molar-refractivity contribution in [2.45, 2.75) is 9.79 Å². The highest BCUT2D eigenvalue weighted by atomic mass is 32.2. The van der Waals surface area contributed by atoms with Crippen molar-refractivity contribution in [2.24, 2.45) is 5.14 Å². The molecule has 1 aromatic carbocycles. The highest BCUT2D eigenvalue weighted by molar-refractivity contribution is 7.90. The van der Waals surface area contributed by atoms with E-state index in [0.29, 0.717) is 0 Å².